The third-order valence-corrected chi connectivity index (χ3v) is 4.71. The minimum atomic E-state index is -0.505. The average Bonchev–Trinajstić information content (AvgIpc) is 3.22. The van der Waals surface area contributed by atoms with E-state index in [2.05, 4.69) is 25.3 Å². The molecule has 7 nitrogen and oxygen atoms in total. The quantitative estimate of drug-likeness (QED) is 0.537. The molecule has 144 valence electrons. The van der Waals surface area contributed by atoms with E-state index in [1.54, 1.807) is 36.8 Å². The van der Waals surface area contributed by atoms with E-state index in [1.165, 1.54) is 29.8 Å². The first-order valence-electron chi connectivity index (χ1n) is 8.48. The summed E-state index contributed by atoms with van der Waals surface area (Å²) in [7, 11) is 1.54. The highest BCUT2D eigenvalue weighted by Gasteiger charge is 2.16. The Morgan fingerprint density at radius 2 is 2.03 bits per heavy atom. The van der Waals surface area contributed by atoms with E-state index in [0.29, 0.717) is 33.7 Å². The number of ether oxygens (including phenoxy) is 1. The first-order chi connectivity index (χ1) is 14.1. The third-order valence-electron chi connectivity index (χ3n) is 3.95. The molecule has 0 aliphatic heterocycles. The van der Waals surface area contributed by atoms with Crippen LogP contribution in [0, 0.1) is 5.82 Å². The van der Waals surface area contributed by atoms with Gasteiger partial charge in [0, 0.05) is 29.4 Å². The van der Waals surface area contributed by atoms with Crippen molar-refractivity contribution < 1.29 is 13.9 Å². The highest BCUT2D eigenvalue weighted by atomic mass is 32.1. The Kier molecular flexibility index (Phi) is 5.21. The second-order valence-electron chi connectivity index (χ2n) is 5.85. The smallest absolute Gasteiger partial charge is 0.259 e. The van der Waals surface area contributed by atoms with Gasteiger partial charge in [-0.3, -0.25) is 20.1 Å². The van der Waals surface area contributed by atoms with E-state index in [-0.39, 0.29) is 5.56 Å². The maximum absolute atomic E-state index is 13.5. The van der Waals surface area contributed by atoms with Crippen LogP contribution in [-0.2, 0) is 0 Å². The summed E-state index contributed by atoms with van der Waals surface area (Å²) < 4.78 is 18.7. The zero-order valence-corrected chi connectivity index (χ0v) is 16.0. The van der Waals surface area contributed by atoms with E-state index in [4.69, 9.17) is 4.74 Å². The molecule has 0 unspecified atom stereocenters. The number of aromatic nitrogens is 4. The molecule has 1 N–H and O–H groups in total. The summed E-state index contributed by atoms with van der Waals surface area (Å²) in [4.78, 5) is 29.6. The van der Waals surface area contributed by atoms with Crippen molar-refractivity contribution in [1.82, 2.24) is 19.9 Å². The van der Waals surface area contributed by atoms with E-state index in [9.17, 15) is 9.18 Å². The topological polar surface area (TPSA) is 89.9 Å². The van der Waals surface area contributed by atoms with Crippen molar-refractivity contribution in [3.05, 3.63) is 71.7 Å². The molecule has 0 saturated heterocycles. The minimum Gasteiger partial charge on any atom is -0.481 e. The maximum atomic E-state index is 13.5. The Morgan fingerprint density at radius 1 is 1.14 bits per heavy atom. The summed E-state index contributed by atoms with van der Waals surface area (Å²) in [6.45, 7) is 0. The zero-order valence-electron chi connectivity index (χ0n) is 15.2. The van der Waals surface area contributed by atoms with Gasteiger partial charge in [-0.15, -0.1) is 11.3 Å². The molecule has 0 fully saturated rings. The van der Waals surface area contributed by atoms with Crippen LogP contribution in [0.4, 0.5) is 9.52 Å². The third kappa shape index (κ3) is 4.09. The summed E-state index contributed by atoms with van der Waals surface area (Å²) >= 11 is 1.27. The zero-order chi connectivity index (χ0) is 20.2. The molecule has 0 aromatic carbocycles. The number of methoxy groups -OCH3 is 1. The predicted molar refractivity (Wildman–Crippen MR) is 107 cm³/mol. The number of pyridine rings is 3. The monoisotopic (exact) mass is 407 g/mol. The number of halogens is 1. The number of thiazole rings is 1. The highest BCUT2D eigenvalue weighted by Crippen LogP contribution is 2.26. The number of carbonyl (C=O) groups is 1. The number of amides is 1. The predicted octanol–water partition coefficient (Wildman–Crippen LogP) is 4.06. The van der Waals surface area contributed by atoms with Crippen LogP contribution < -0.4 is 10.1 Å². The summed E-state index contributed by atoms with van der Waals surface area (Å²) in [5.41, 5.74) is 2.29. The molecule has 0 saturated carbocycles. The normalized spacial score (nSPS) is 10.6. The molecule has 0 aliphatic rings. The van der Waals surface area contributed by atoms with E-state index >= 15 is 0 Å². The molecule has 4 heterocycles. The van der Waals surface area contributed by atoms with Gasteiger partial charge in [-0.2, -0.15) is 0 Å². The van der Waals surface area contributed by atoms with Crippen molar-refractivity contribution in [2.75, 3.05) is 12.4 Å². The standard InChI is InChI=1S/C20H14FN5O2S/c1-28-17-6-2-5-15(24-17)16-11-29-20(25-16)26-19(27)14-4-3-7-23-18(14)12-8-13(21)10-22-9-12/h2-11H,1H3,(H,25,26,27). The Hall–Kier alpha value is -3.72. The van der Waals surface area contributed by atoms with Crippen LogP contribution in [0.3, 0.4) is 0 Å². The van der Waals surface area contributed by atoms with Gasteiger partial charge in [-0.1, -0.05) is 6.07 Å². The van der Waals surface area contributed by atoms with Crippen LogP contribution in [0.1, 0.15) is 10.4 Å². The van der Waals surface area contributed by atoms with Crippen molar-refractivity contribution in [2.24, 2.45) is 0 Å². The van der Waals surface area contributed by atoms with Crippen LogP contribution in [-0.4, -0.2) is 33.0 Å². The van der Waals surface area contributed by atoms with Crippen molar-refractivity contribution in [3.8, 4) is 28.5 Å². The highest BCUT2D eigenvalue weighted by molar-refractivity contribution is 7.14. The van der Waals surface area contributed by atoms with Crippen LogP contribution >= 0.6 is 11.3 Å². The molecule has 0 spiro atoms. The van der Waals surface area contributed by atoms with Gasteiger partial charge in [0.05, 0.1) is 30.3 Å². The fraction of sp³-hybridized carbons (Fsp3) is 0.0500. The molecular weight excluding hydrogens is 393 g/mol. The number of nitrogens with one attached hydrogen (secondary N) is 1. The van der Waals surface area contributed by atoms with E-state index in [0.717, 1.165) is 6.20 Å². The number of rotatable bonds is 5. The molecule has 1 amide bonds. The fourth-order valence-electron chi connectivity index (χ4n) is 2.64. The number of hydrogen-bond acceptors (Lipinski definition) is 7. The van der Waals surface area contributed by atoms with Gasteiger partial charge in [0.2, 0.25) is 5.88 Å². The molecule has 29 heavy (non-hydrogen) atoms. The summed E-state index contributed by atoms with van der Waals surface area (Å²) in [6, 6.07) is 9.89. The van der Waals surface area contributed by atoms with Gasteiger partial charge in [0.1, 0.15) is 11.5 Å². The number of anilines is 1. The van der Waals surface area contributed by atoms with Gasteiger partial charge in [0.25, 0.3) is 5.91 Å². The lowest BCUT2D eigenvalue weighted by Gasteiger charge is -2.08. The maximum Gasteiger partial charge on any atom is 0.259 e. The van der Waals surface area contributed by atoms with Crippen molar-refractivity contribution in [3.63, 3.8) is 0 Å². The lowest BCUT2D eigenvalue weighted by atomic mass is 10.1. The van der Waals surface area contributed by atoms with Gasteiger partial charge < -0.3 is 4.74 Å². The lowest BCUT2D eigenvalue weighted by Crippen LogP contribution is -2.13. The van der Waals surface area contributed by atoms with Gasteiger partial charge in [0.15, 0.2) is 5.13 Å². The van der Waals surface area contributed by atoms with Crippen molar-refractivity contribution in [1.29, 1.82) is 0 Å². The van der Waals surface area contributed by atoms with Gasteiger partial charge >= 0.3 is 0 Å². The number of hydrogen-bond donors (Lipinski definition) is 1. The van der Waals surface area contributed by atoms with Crippen molar-refractivity contribution >= 4 is 22.4 Å². The summed E-state index contributed by atoms with van der Waals surface area (Å²) in [5, 5.41) is 4.95. The summed E-state index contributed by atoms with van der Waals surface area (Å²) in [5.74, 6) is -0.434. The lowest BCUT2D eigenvalue weighted by molar-refractivity contribution is 0.102. The van der Waals surface area contributed by atoms with E-state index < -0.39 is 11.7 Å². The molecule has 0 aliphatic carbocycles. The molecule has 0 bridgehead atoms. The Morgan fingerprint density at radius 3 is 2.86 bits per heavy atom. The Bertz CT molecular complexity index is 1180. The molecule has 4 aromatic heterocycles. The molecular formula is C20H14FN5O2S. The second-order valence-corrected chi connectivity index (χ2v) is 6.71. The van der Waals surface area contributed by atoms with Crippen LogP contribution in [0.15, 0.2) is 60.4 Å². The molecule has 0 radical (unpaired) electrons. The molecule has 4 rings (SSSR count). The fourth-order valence-corrected chi connectivity index (χ4v) is 3.34. The second kappa shape index (κ2) is 8.11. The van der Waals surface area contributed by atoms with Crippen LogP contribution in [0.5, 0.6) is 5.88 Å². The minimum absolute atomic E-state index is 0.288. The Balaban J connectivity index is 1.59. The SMILES string of the molecule is COc1cccc(-c2csc(NC(=O)c3cccnc3-c3cncc(F)c3)n2)n1. The largest absolute Gasteiger partial charge is 0.481 e. The molecule has 4 aromatic rings. The molecule has 9 heteroatoms. The number of nitrogens with zero attached hydrogens (tertiary/aromatic N) is 4. The van der Waals surface area contributed by atoms with Crippen LogP contribution in [0.25, 0.3) is 22.6 Å². The first kappa shape index (κ1) is 18.6. The average molecular weight is 407 g/mol. The van der Waals surface area contributed by atoms with Crippen LogP contribution in [0.2, 0.25) is 0 Å². The van der Waals surface area contributed by atoms with E-state index in [1.807, 2.05) is 6.07 Å². The number of carbonyl (C=O) groups excluding carboxylic acids is 1. The summed E-state index contributed by atoms with van der Waals surface area (Å²) in [6.07, 6.45) is 4.08. The first-order valence-corrected chi connectivity index (χ1v) is 9.36. The van der Waals surface area contributed by atoms with Crippen molar-refractivity contribution in [2.45, 2.75) is 0 Å². The van der Waals surface area contributed by atoms with Gasteiger partial charge in [-0.25, -0.2) is 14.4 Å². The molecule has 0 atom stereocenters. The van der Waals surface area contributed by atoms with Gasteiger partial charge in [-0.05, 0) is 24.3 Å². The Labute approximate surface area is 169 Å².